The molecule has 0 atom stereocenters. The molecule has 0 aromatic rings. The summed E-state index contributed by atoms with van der Waals surface area (Å²) < 4.78 is 8.63. The van der Waals surface area contributed by atoms with E-state index >= 15 is 0 Å². The molecule has 1 rings (SSSR count). The fourth-order valence-corrected chi connectivity index (χ4v) is 0.599. The molecule has 6 heteroatoms. The van der Waals surface area contributed by atoms with Gasteiger partial charge >= 0.3 is 17.3 Å². The van der Waals surface area contributed by atoms with Gasteiger partial charge in [0, 0.05) is 0 Å². The Kier molecular flexibility index (Phi) is 1.23. The number of rotatable bonds is 0. The summed E-state index contributed by atoms with van der Waals surface area (Å²) in [5.41, 5.74) is 0. The molecule has 0 radical (unpaired) electrons. The minimum Gasteiger partial charge on any atom is -0.408 e. The Balaban J connectivity index is 2.18. The van der Waals surface area contributed by atoms with Crippen LogP contribution in [0.15, 0.2) is 0 Å². The molecule has 0 aliphatic carbocycles. The predicted octanol–water partition coefficient (Wildman–Crippen LogP) is -2.06. The topological polar surface area (TPSA) is 47.9 Å². The third kappa shape index (κ3) is 0.792. The number of hydrogen-bond acceptors (Lipinski definition) is 4. The quantitative estimate of drug-likeness (QED) is 0.285. The van der Waals surface area contributed by atoms with E-state index in [1.54, 1.807) is 0 Å². The number of hydrogen-bond donors (Lipinski definition) is 1. The third-order valence-corrected chi connectivity index (χ3v) is 1.06. The van der Waals surface area contributed by atoms with E-state index in [0.29, 0.717) is 0 Å². The monoisotopic (exact) mass is 106 g/mol. The first-order valence-electron chi connectivity index (χ1n) is 1.47. The van der Waals surface area contributed by atoms with Gasteiger partial charge in [-0.2, -0.15) is 0 Å². The molecule has 1 heterocycles. The molecule has 4 nitrogen and oxygen atoms in total. The van der Waals surface area contributed by atoms with Gasteiger partial charge in [-0.1, -0.05) is 0 Å². The lowest BCUT2D eigenvalue weighted by atomic mass is 10.3. The maximum absolute atomic E-state index is 8.19. The first-order chi connectivity index (χ1) is 2.89. The molecular formula is H3BO4Si. The van der Waals surface area contributed by atoms with Gasteiger partial charge in [0.05, 0.1) is 0 Å². The molecule has 0 unspecified atom stereocenters. The summed E-state index contributed by atoms with van der Waals surface area (Å²) in [4.78, 5) is 4.05. The third-order valence-electron chi connectivity index (χ3n) is 0.409. The Labute approximate surface area is 37.2 Å². The second-order valence-electron chi connectivity index (χ2n) is 0.806. The van der Waals surface area contributed by atoms with Gasteiger partial charge < -0.3 is 9.37 Å². The van der Waals surface area contributed by atoms with E-state index < -0.39 is 17.3 Å². The normalized spacial score (nSPS) is 26.5. The maximum atomic E-state index is 8.19. The molecule has 0 aromatic heterocycles. The van der Waals surface area contributed by atoms with Crippen LogP contribution in [-0.2, 0) is 13.7 Å². The lowest BCUT2D eigenvalue weighted by Gasteiger charge is -1.82. The smallest absolute Gasteiger partial charge is 0.408 e. The summed E-state index contributed by atoms with van der Waals surface area (Å²) >= 11 is 0. The van der Waals surface area contributed by atoms with E-state index in [-0.39, 0.29) is 0 Å². The Bertz CT molecular complexity index is 40.8. The molecule has 0 aromatic carbocycles. The van der Waals surface area contributed by atoms with Crippen molar-refractivity contribution in [2.24, 2.45) is 0 Å². The summed E-state index contributed by atoms with van der Waals surface area (Å²) in [6.45, 7) is 0. The van der Waals surface area contributed by atoms with Crippen LogP contribution in [0.5, 0.6) is 0 Å². The Morgan fingerprint density at radius 3 is 2.67 bits per heavy atom. The lowest BCUT2D eigenvalue weighted by molar-refractivity contribution is -0.106. The van der Waals surface area contributed by atoms with Crippen LogP contribution in [-0.4, -0.2) is 22.4 Å². The van der Waals surface area contributed by atoms with E-state index in [1.807, 2.05) is 0 Å². The minimum atomic E-state index is -1.11. The summed E-state index contributed by atoms with van der Waals surface area (Å²) in [6, 6.07) is 0. The van der Waals surface area contributed by atoms with E-state index in [1.165, 1.54) is 0 Å². The molecule has 1 saturated heterocycles. The average Bonchev–Trinajstić information content (AvgIpc) is 1.86. The van der Waals surface area contributed by atoms with E-state index in [9.17, 15) is 0 Å². The van der Waals surface area contributed by atoms with Crippen molar-refractivity contribution in [3.05, 3.63) is 0 Å². The van der Waals surface area contributed by atoms with Crippen LogP contribution >= 0.6 is 0 Å². The fourth-order valence-electron chi connectivity index (χ4n) is 0.200. The van der Waals surface area contributed by atoms with Crippen LogP contribution in [0, 0.1) is 0 Å². The maximum Gasteiger partial charge on any atom is 0.654 e. The highest BCUT2D eigenvalue weighted by Crippen LogP contribution is 1.91. The summed E-state index contributed by atoms with van der Waals surface area (Å²) in [7, 11) is -2.09. The van der Waals surface area contributed by atoms with E-state index in [2.05, 4.69) is 13.7 Å². The van der Waals surface area contributed by atoms with Crippen LogP contribution < -0.4 is 0 Å². The van der Waals surface area contributed by atoms with Crippen molar-refractivity contribution < 1.29 is 18.7 Å². The molecule has 1 aliphatic rings. The lowest BCUT2D eigenvalue weighted by Crippen LogP contribution is -2.11. The van der Waals surface area contributed by atoms with Crippen molar-refractivity contribution >= 4 is 17.3 Å². The largest absolute Gasteiger partial charge is 0.654 e. The SMILES string of the molecule is OB1OO[SiH2]O1. The van der Waals surface area contributed by atoms with Crippen LogP contribution in [0.25, 0.3) is 0 Å². The second-order valence-corrected chi connectivity index (χ2v) is 1.61. The molecule has 0 spiro atoms. The molecule has 0 saturated carbocycles. The van der Waals surface area contributed by atoms with Crippen molar-refractivity contribution in [3.8, 4) is 0 Å². The molecule has 1 aliphatic heterocycles. The Morgan fingerprint density at radius 2 is 2.50 bits per heavy atom. The second kappa shape index (κ2) is 1.72. The average molecular weight is 106 g/mol. The first-order valence-corrected chi connectivity index (χ1v) is 2.63. The van der Waals surface area contributed by atoms with Gasteiger partial charge in [0.1, 0.15) is 0 Å². The zero-order valence-electron chi connectivity index (χ0n) is 2.96. The van der Waals surface area contributed by atoms with Crippen LogP contribution in [0.1, 0.15) is 0 Å². The predicted molar refractivity (Wildman–Crippen MR) is 19.8 cm³/mol. The zero-order valence-corrected chi connectivity index (χ0v) is 4.37. The van der Waals surface area contributed by atoms with Crippen LogP contribution in [0.4, 0.5) is 0 Å². The van der Waals surface area contributed by atoms with Gasteiger partial charge in [0.15, 0.2) is 0 Å². The van der Waals surface area contributed by atoms with Crippen LogP contribution in [0.3, 0.4) is 0 Å². The van der Waals surface area contributed by atoms with Gasteiger partial charge in [-0.25, -0.2) is 4.81 Å². The zero-order chi connectivity index (χ0) is 4.41. The van der Waals surface area contributed by atoms with Gasteiger partial charge in [0.2, 0.25) is 0 Å². The molecule has 1 fully saturated rings. The van der Waals surface area contributed by atoms with Gasteiger partial charge in [-0.15, -0.1) is 0 Å². The highest BCUT2D eigenvalue weighted by atomic mass is 28.3. The molecule has 1 N–H and O–H groups in total. The van der Waals surface area contributed by atoms with Crippen molar-refractivity contribution in [1.82, 2.24) is 0 Å². The van der Waals surface area contributed by atoms with Crippen LogP contribution in [0.2, 0.25) is 0 Å². The summed E-state index contributed by atoms with van der Waals surface area (Å²) in [6.07, 6.45) is 0. The van der Waals surface area contributed by atoms with Gasteiger partial charge in [-0.05, 0) is 0 Å². The van der Waals surface area contributed by atoms with Crippen molar-refractivity contribution in [2.75, 3.05) is 0 Å². The van der Waals surface area contributed by atoms with E-state index in [4.69, 9.17) is 5.02 Å². The minimum absolute atomic E-state index is 0.976. The van der Waals surface area contributed by atoms with Crippen molar-refractivity contribution in [2.45, 2.75) is 0 Å². The Hall–Kier alpha value is 0.122. The molecule has 0 bridgehead atoms. The van der Waals surface area contributed by atoms with Crippen molar-refractivity contribution in [1.29, 1.82) is 0 Å². The fraction of sp³-hybridized carbons (Fsp3) is 0. The molecule has 34 valence electrons. The standard InChI is InChI=1S/BH3O4Si/c2-1-3-5-6-4-1/h2H,6H2. The van der Waals surface area contributed by atoms with Crippen molar-refractivity contribution in [3.63, 3.8) is 0 Å². The molecule has 0 amide bonds. The van der Waals surface area contributed by atoms with Gasteiger partial charge in [-0.3, -0.25) is 4.58 Å². The highest BCUT2D eigenvalue weighted by Gasteiger charge is 2.22. The summed E-state index contributed by atoms with van der Waals surface area (Å²) in [5.74, 6) is 0. The highest BCUT2D eigenvalue weighted by molar-refractivity contribution is 6.46. The molecular weight excluding hydrogens is 103 g/mol. The first kappa shape index (κ1) is 4.29. The Morgan fingerprint density at radius 1 is 1.67 bits per heavy atom. The van der Waals surface area contributed by atoms with E-state index in [0.717, 1.165) is 0 Å². The molecule has 6 heavy (non-hydrogen) atoms. The van der Waals surface area contributed by atoms with Gasteiger partial charge in [0.25, 0.3) is 0 Å². The summed E-state index contributed by atoms with van der Waals surface area (Å²) in [5, 5.41) is 8.19.